The molecule has 1 aliphatic heterocycles. The quantitative estimate of drug-likeness (QED) is 0.920. The molecule has 1 amide bonds. The first-order valence-corrected chi connectivity index (χ1v) is 8.72. The summed E-state index contributed by atoms with van der Waals surface area (Å²) in [5.74, 6) is 0.209. The fraction of sp³-hybridized carbons (Fsp3) is 0.600. The number of piperidine rings is 1. The van der Waals surface area contributed by atoms with E-state index < -0.39 is 11.5 Å². The zero-order valence-corrected chi connectivity index (χ0v) is 14.4. The van der Waals surface area contributed by atoms with Crippen LogP contribution in [0.5, 0.6) is 0 Å². The molecular weight excluding hydrogens is 314 g/mol. The van der Waals surface area contributed by atoms with E-state index in [1.54, 1.807) is 0 Å². The topological polar surface area (TPSA) is 79.6 Å². The number of amides is 1. The molecule has 1 saturated heterocycles. The van der Waals surface area contributed by atoms with Crippen molar-refractivity contribution >= 4 is 27.3 Å². The average Bonchev–Trinajstić information content (AvgIpc) is 2.92. The van der Waals surface area contributed by atoms with Gasteiger partial charge in [0.25, 0.3) is 11.5 Å². The van der Waals surface area contributed by atoms with Crippen molar-refractivity contribution in [1.82, 2.24) is 19.9 Å². The van der Waals surface area contributed by atoms with Gasteiger partial charge in [0.2, 0.25) is 10.1 Å². The fourth-order valence-electron chi connectivity index (χ4n) is 2.76. The Morgan fingerprint density at radius 1 is 1.48 bits per heavy atom. The first kappa shape index (κ1) is 15.9. The van der Waals surface area contributed by atoms with E-state index in [1.165, 1.54) is 28.5 Å². The molecule has 1 fully saturated rings. The summed E-state index contributed by atoms with van der Waals surface area (Å²) in [5.41, 5.74) is -0.388. The van der Waals surface area contributed by atoms with Gasteiger partial charge in [-0.3, -0.25) is 9.59 Å². The first-order chi connectivity index (χ1) is 11.0. The number of nitrogens with zero attached hydrogens (tertiary/aromatic N) is 4. The molecule has 8 heteroatoms. The van der Waals surface area contributed by atoms with Crippen molar-refractivity contribution in [3.8, 4) is 0 Å². The van der Waals surface area contributed by atoms with Gasteiger partial charge in [-0.05, 0) is 32.6 Å². The standard InChI is InChI=1S/C15H21N5O2S/c1-9(2)17-12(21)11-7-16-14-20(13(11)22)18-15(23-14)19-6-4-5-10(3)8-19/h7,9-10H,4-6,8H2,1-3H3,(H,17,21)/t10-/m1/s1. The van der Waals surface area contributed by atoms with Crippen LogP contribution in [-0.2, 0) is 0 Å². The Morgan fingerprint density at radius 3 is 2.96 bits per heavy atom. The molecule has 0 spiro atoms. The lowest BCUT2D eigenvalue weighted by Crippen LogP contribution is -2.36. The van der Waals surface area contributed by atoms with Gasteiger partial charge < -0.3 is 10.2 Å². The third kappa shape index (κ3) is 3.21. The fourth-order valence-corrected chi connectivity index (χ4v) is 3.66. The van der Waals surface area contributed by atoms with Gasteiger partial charge in [-0.15, -0.1) is 5.10 Å². The summed E-state index contributed by atoms with van der Waals surface area (Å²) < 4.78 is 1.24. The van der Waals surface area contributed by atoms with Crippen LogP contribution in [-0.4, -0.2) is 39.6 Å². The number of hydrogen-bond acceptors (Lipinski definition) is 6. The molecule has 0 bridgehead atoms. The molecule has 0 aliphatic carbocycles. The summed E-state index contributed by atoms with van der Waals surface area (Å²) in [6, 6.07) is -0.0385. The third-order valence-corrected chi connectivity index (χ3v) is 4.85. The molecule has 3 heterocycles. The summed E-state index contributed by atoms with van der Waals surface area (Å²) in [7, 11) is 0. The second kappa shape index (κ2) is 6.27. The summed E-state index contributed by atoms with van der Waals surface area (Å²) in [6.45, 7) is 7.80. The van der Waals surface area contributed by atoms with Crippen molar-refractivity contribution < 1.29 is 4.79 Å². The minimum absolute atomic E-state index is 0.0278. The smallest absolute Gasteiger partial charge is 0.288 e. The molecule has 0 aromatic carbocycles. The third-order valence-electron chi connectivity index (χ3n) is 3.87. The van der Waals surface area contributed by atoms with Crippen molar-refractivity contribution in [2.24, 2.45) is 5.92 Å². The number of rotatable bonds is 3. The molecule has 0 unspecified atom stereocenters. The maximum atomic E-state index is 12.5. The molecule has 0 saturated carbocycles. The highest BCUT2D eigenvalue weighted by molar-refractivity contribution is 7.20. The van der Waals surface area contributed by atoms with Gasteiger partial charge in [-0.2, -0.15) is 4.52 Å². The maximum absolute atomic E-state index is 12.5. The number of aromatic nitrogens is 3. The van der Waals surface area contributed by atoms with E-state index in [9.17, 15) is 9.59 Å². The van der Waals surface area contributed by atoms with Crippen molar-refractivity contribution in [2.75, 3.05) is 18.0 Å². The van der Waals surface area contributed by atoms with Crippen LogP contribution in [0.25, 0.3) is 4.96 Å². The summed E-state index contributed by atoms with van der Waals surface area (Å²) in [6.07, 6.45) is 3.69. The van der Waals surface area contributed by atoms with Gasteiger partial charge in [0.05, 0.1) is 0 Å². The van der Waals surface area contributed by atoms with Gasteiger partial charge in [0.1, 0.15) is 5.56 Å². The van der Waals surface area contributed by atoms with E-state index >= 15 is 0 Å². The zero-order valence-electron chi connectivity index (χ0n) is 13.6. The normalized spacial score (nSPS) is 18.6. The number of fused-ring (bicyclic) bond motifs is 1. The number of hydrogen-bond donors (Lipinski definition) is 1. The van der Waals surface area contributed by atoms with Crippen LogP contribution in [0.4, 0.5) is 5.13 Å². The van der Waals surface area contributed by atoms with Crippen LogP contribution in [0.3, 0.4) is 0 Å². The molecule has 7 nitrogen and oxygen atoms in total. The molecule has 2 aromatic heterocycles. The van der Waals surface area contributed by atoms with Crippen molar-refractivity contribution in [1.29, 1.82) is 0 Å². The maximum Gasteiger partial charge on any atom is 0.288 e. The number of nitrogens with one attached hydrogen (secondary N) is 1. The molecule has 2 aromatic rings. The molecule has 3 rings (SSSR count). The monoisotopic (exact) mass is 335 g/mol. The van der Waals surface area contributed by atoms with Crippen molar-refractivity contribution in [3.63, 3.8) is 0 Å². The molecule has 0 radical (unpaired) electrons. The molecule has 124 valence electrons. The Labute approximate surface area is 138 Å². The molecule has 23 heavy (non-hydrogen) atoms. The van der Waals surface area contributed by atoms with E-state index in [4.69, 9.17) is 0 Å². The van der Waals surface area contributed by atoms with Crippen molar-refractivity contribution in [3.05, 3.63) is 22.1 Å². The molecular formula is C15H21N5O2S. The molecule has 1 atom stereocenters. The Balaban J connectivity index is 1.95. The highest BCUT2D eigenvalue weighted by atomic mass is 32.1. The van der Waals surface area contributed by atoms with Crippen LogP contribution in [0, 0.1) is 5.92 Å². The number of carbonyl (C=O) groups is 1. The van der Waals surface area contributed by atoms with Crippen molar-refractivity contribution in [2.45, 2.75) is 39.7 Å². The van der Waals surface area contributed by atoms with Gasteiger partial charge in [-0.1, -0.05) is 18.3 Å². The predicted octanol–water partition coefficient (Wildman–Crippen LogP) is 1.53. The molecule has 1 aliphatic rings. The first-order valence-electron chi connectivity index (χ1n) is 7.90. The van der Waals surface area contributed by atoms with E-state index in [1.807, 2.05) is 13.8 Å². The van der Waals surface area contributed by atoms with Crippen LogP contribution in [0.1, 0.15) is 44.0 Å². The minimum atomic E-state index is -0.416. The SMILES string of the molecule is CC(C)NC(=O)c1cnc2sc(N3CCC[C@@H](C)C3)nn2c1=O. The Bertz CT molecular complexity index is 782. The highest BCUT2D eigenvalue weighted by Gasteiger charge is 2.22. The van der Waals surface area contributed by atoms with Crippen LogP contribution in [0.2, 0.25) is 0 Å². The van der Waals surface area contributed by atoms with Gasteiger partial charge >= 0.3 is 0 Å². The van der Waals surface area contributed by atoms with Gasteiger partial charge in [0, 0.05) is 25.3 Å². The number of anilines is 1. The Morgan fingerprint density at radius 2 is 2.26 bits per heavy atom. The van der Waals surface area contributed by atoms with E-state index in [2.05, 4.69) is 27.2 Å². The van der Waals surface area contributed by atoms with Gasteiger partial charge in [0.15, 0.2) is 0 Å². The highest BCUT2D eigenvalue weighted by Crippen LogP contribution is 2.26. The Kier molecular flexibility index (Phi) is 4.34. The summed E-state index contributed by atoms with van der Waals surface area (Å²) in [5, 5.41) is 7.91. The largest absolute Gasteiger partial charge is 0.350 e. The van der Waals surface area contributed by atoms with Crippen LogP contribution >= 0.6 is 11.3 Å². The zero-order chi connectivity index (χ0) is 16.6. The van der Waals surface area contributed by atoms with Gasteiger partial charge in [-0.25, -0.2) is 4.98 Å². The summed E-state index contributed by atoms with van der Waals surface area (Å²) in [4.78, 5) is 31.5. The average molecular weight is 335 g/mol. The van der Waals surface area contributed by atoms with Crippen LogP contribution in [0.15, 0.2) is 11.0 Å². The predicted molar refractivity (Wildman–Crippen MR) is 90.3 cm³/mol. The lowest BCUT2D eigenvalue weighted by atomic mass is 10.0. The van der Waals surface area contributed by atoms with Crippen LogP contribution < -0.4 is 15.8 Å². The second-order valence-electron chi connectivity index (χ2n) is 6.38. The Hall–Kier alpha value is -1.96. The number of carbonyl (C=O) groups excluding carboxylic acids is 1. The second-order valence-corrected chi connectivity index (χ2v) is 7.31. The van der Waals surface area contributed by atoms with E-state index in [0.717, 1.165) is 24.6 Å². The summed E-state index contributed by atoms with van der Waals surface area (Å²) >= 11 is 1.39. The van der Waals surface area contributed by atoms with E-state index in [0.29, 0.717) is 10.9 Å². The molecule has 1 N–H and O–H groups in total. The lowest BCUT2D eigenvalue weighted by molar-refractivity contribution is 0.0941. The lowest BCUT2D eigenvalue weighted by Gasteiger charge is -2.30. The van der Waals surface area contributed by atoms with E-state index in [-0.39, 0.29) is 11.6 Å². The minimum Gasteiger partial charge on any atom is -0.350 e.